The number of aliphatic hydroxyl groups is 1. The molecule has 0 radical (unpaired) electrons. The van der Waals surface area contributed by atoms with Gasteiger partial charge in [0.05, 0.1) is 6.10 Å². The maximum absolute atomic E-state index is 9.68. The van der Waals surface area contributed by atoms with E-state index in [0.29, 0.717) is 11.3 Å². The second-order valence-electron chi connectivity index (χ2n) is 6.97. The molecule has 3 N–H and O–H groups in total. The van der Waals surface area contributed by atoms with E-state index in [1.165, 1.54) is 45.1 Å². The minimum atomic E-state index is -0.136. The van der Waals surface area contributed by atoms with E-state index in [0.717, 1.165) is 32.5 Å². The molecule has 0 aromatic rings. The first-order valence-corrected chi connectivity index (χ1v) is 8.26. The molecule has 2 aliphatic rings. The second-order valence-corrected chi connectivity index (χ2v) is 6.97. The van der Waals surface area contributed by atoms with Gasteiger partial charge in [-0.1, -0.05) is 25.7 Å². The lowest BCUT2D eigenvalue weighted by molar-refractivity contribution is 0.0501. The van der Waals surface area contributed by atoms with Crippen LogP contribution in [0.25, 0.3) is 0 Å². The summed E-state index contributed by atoms with van der Waals surface area (Å²) in [6.45, 7) is 6.28. The van der Waals surface area contributed by atoms with Crippen molar-refractivity contribution in [3.63, 3.8) is 0 Å². The first-order valence-electron chi connectivity index (χ1n) is 8.26. The lowest BCUT2D eigenvalue weighted by Crippen LogP contribution is -2.46. The molecule has 3 nitrogen and oxygen atoms in total. The van der Waals surface area contributed by atoms with E-state index in [2.05, 4.69) is 4.90 Å². The lowest BCUT2D eigenvalue weighted by Gasteiger charge is -2.40. The first kappa shape index (κ1) is 15.3. The van der Waals surface area contributed by atoms with Crippen LogP contribution < -0.4 is 5.73 Å². The van der Waals surface area contributed by atoms with Crippen molar-refractivity contribution in [3.05, 3.63) is 0 Å². The molecule has 1 aliphatic carbocycles. The number of hydrogen-bond acceptors (Lipinski definition) is 3. The normalized spacial score (nSPS) is 27.9. The van der Waals surface area contributed by atoms with Crippen LogP contribution in [0.2, 0.25) is 0 Å². The molecule has 2 fully saturated rings. The Hall–Kier alpha value is -0.120. The number of likely N-dealkylation sites (tertiary alicyclic amines) is 1. The van der Waals surface area contributed by atoms with Crippen molar-refractivity contribution in [1.82, 2.24) is 4.90 Å². The summed E-state index contributed by atoms with van der Waals surface area (Å²) in [6.07, 6.45) is 10.3. The highest BCUT2D eigenvalue weighted by Gasteiger charge is 2.33. The number of piperidine rings is 1. The van der Waals surface area contributed by atoms with Crippen LogP contribution in [-0.4, -0.2) is 42.3 Å². The molecule has 0 aromatic heterocycles. The number of nitrogens with two attached hydrogens (primary N) is 1. The third-order valence-corrected chi connectivity index (χ3v) is 5.47. The summed E-state index contributed by atoms with van der Waals surface area (Å²) >= 11 is 0. The summed E-state index contributed by atoms with van der Waals surface area (Å²) in [7, 11) is 0. The molecule has 0 spiro atoms. The summed E-state index contributed by atoms with van der Waals surface area (Å²) in [5, 5.41) is 9.68. The molecule has 3 heteroatoms. The number of hydrogen-bond donors (Lipinski definition) is 2. The van der Waals surface area contributed by atoms with Gasteiger partial charge in [-0.3, -0.25) is 0 Å². The summed E-state index contributed by atoms with van der Waals surface area (Å²) in [5.74, 6) is 0.513. The zero-order valence-electron chi connectivity index (χ0n) is 12.6. The molecule has 1 saturated carbocycles. The van der Waals surface area contributed by atoms with Gasteiger partial charge >= 0.3 is 0 Å². The maximum atomic E-state index is 9.68. The van der Waals surface area contributed by atoms with E-state index < -0.39 is 0 Å². The Balaban J connectivity index is 1.85. The van der Waals surface area contributed by atoms with Gasteiger partial charge in [0.1, 0.15) is 0 Å². The zero-order chi connectivity index (χ0) is 13.7. The van der Waals surface area contributed by atoms with E-state index in [-0.39, 0.29) is 6.10 Å². The highest BCUT2D eigenvalue weighted by atomic mass is 16.3. The molecule has 19 heavy (non-hydrogen) atoms. The monoisotopic (exact) mass is 268 g/mol. The molecule has 1 atom stereocenters. The zero-order valence-corrected chi connectivity index (χ0v) is 12.6. The Kier molecular flexibility index (Phi) is 5.67. The largest absolute Gasteiger partial charge is 0.393 e. The van der Waals surface area contributed by atoms with Crippen LogP contribution in [0.3, 0.4) is 0 Å². The third kappa shape index (κ3) is 4.17. The molecule has 2 rings (SSSR count). The average Bonchev–Trinajstić information content (AvgIpc) is 2.65. The lowest BCUT2D eigenvalue weighted by atomic mass is 9.79. The number of aliphatic hydroxyl groups excluding tert-OH is 1. The average molecular weight is 268 g/mol. The van der Waals surface area contributed by atoms with Gasteiger partial charge in [-0.2, -0.15) is 0 Å². The fourth-order valence-corrected chi connectivity index (χ4v) is 3.97. The molecule has 1 aliphatic heterocycles. The third-order valence-electron chi connectivity index (χ3n) is 5.47. The molecule has 0 bridgehead atoms. The van der Waals surface area contributed by atoms with Crippen molar-refractivity contribution < 1.29 is 5.11 Å². The SMILES string of the molecule is CC(O)C1CCN(CC2(CN)CCCCCC2)CC1. The van der Waals surface area contributed by atoms with Crippen molar-refractivity contribution in [2.45, 2.75) is 64.4 Å². The Morgan fingerprint density at radius 3 is 2.21 bits per heavy atom. The van der Waals surface area contributed by atoms with Gasteiger partial charge in [0.25, 0.3) is 0 Å². The predicted octanol–water partition coefficient (Wildman–Crippen LogP) is 2.38. The maximum Gasteiger partial charge on any atom is 0.0541 e. The highest BCUT2D eigenvalue weighted by Crippen LogP contribution is 2.36. The Labute approximate surface area is 118 Å². The predicted molar refractivity (Wildman–Crippen MR) is 80.0 cm³/mol. The minimum absolute atomic E-state index is 0.136. The molecule has 1 heterocycles. The minimum Gasteiger partial charge on any atom is -0.393 e. The molecule has 1 unspecified atom stereocenters. The molecule has 112 valence electrons. The van der Waals surface area contributed by atoms with Gasteiger partial charge in [-0.05, 0) is 63.6 Å². The van der Waals surface area contributed by atoms with Crippen LogP contribution in [0.15, 0.2) is 0 Å². The van der Waals surface area contributed by atoms with Crippen LogP contribution >= 0.6 is 0 Å². The Bertz CT molecular complexity index is 251. The molecule has 1 saturated heterocycles. The van der Waals surface area contributed by atoms with E-state index in [4.69, 9.17) is 5.73 Å². The molecule has 0 amide bonds. The van der Waals surface area contributed by atoms with Crippen molar-refractivity contribution in [1.29, 1.82) is 0 Å². The standard InChI is InChI=1S/C16H32N2O/c1-14(19)15-6-10-18(11-7-15)13-16(12-17)8-4-2-3-5-9-16/h14-15,19H,2-13,17H2,1H3. The van der Waals surface area contributed by atoms with Crippen LogP contribution in [0, 0.1) is 11.3 Å². The topological polar surface area (TPSA) is 49.5 Å². The number of rotatable bonds is 4. The fourth-order valence-electron chi connectivity index (χ4n) is 3.97. The van der Waals surface area contributed by atoms with Crippen molar-refractivity contribution in [2.75, 3.05) is 26.2 Å². The Morgan fingerprint density at radius 2 is 1.74 bits per heavy atom. The van der Waals surface area contributed by atoms with E-state index in [1.807, 2.05) is 6.92 Å². The summed E-state index contributed by atoms with van der Waals surface area (Å²) in [6, 6.07) is 0. The smallest absolute Gasteiger partial charge is 0.0541 e. The summed E-state index contributed by atoms with van der Waals surface area (Å²) < 4.78 is 0. The molecular formula is C16H32N2O. The Morgan fingerprint density at radius 1 is 1.16 bits per heavy atom. The van der Waals surface area contributed by atoms with Gasteiger partial charge in [0.2, 0.25) is 0 Å². The summed E-state index contributed by atoms with van der Waals surface area (Å²) in [4.78, 5) is 2.61. The van der Waals surface area contributed by atoms with E-state index >= 15 is 0 Å². The van der Waals surface area contributed by atoms with E-state index in [1.54, 1.807) is 0 Å². The van der Waals surface area contributed by atoms with E-state index in [9.17, 15) is 5.11 Å². The highest BCUT2D eigenvalue weighted by molar-refractivity contribution is 4.87. The van der Waals surface area contributed by atoms with Gasteiger partial charge in [0.15, 0.2) is 0 Å². The van der Waals surface area contributed by atoms with Crippen molar-refractivity contribution >= 4 is 0 Å². The van der Waals surface area contributed by atoms with Crippen LogP contribution in [0.5, 0.6) is 0 Å². The number of nitrogens with zero attached hydrogens (tertiary/aromatic N) is 1. The van der Waals surface area contributed by atoms with Crippen LogP contribution in [0.4, 0.5) is 0 Å². The fraction of sp³-hybridized carbons (Fsp3) is 1.00. The van der Waals surface area contributed by atoms with Crippen molar-refractivity contribution in [2.24, 2.45) is 17.1 Å². The molecular weight excluding hydrogens is 236 g/mol. The van der Waals surface area contributed by atoms with Crippen LogP contribution in [0.1, 0.15) is 58.3 Å². The van der Waals surface area contributed by atoms with Gasteiger partial charge in [-0.15, -0.1) is 0 Å². The first-order chi connectivity index (χ1) is 9.15. The quantitative estimate of drug-likeness (QED) is 0.770. The van der Waals surface area contributed by atoms with Gasteiger partial charge in [0, 0.05) is 6.54 Å². The second kappa shape index (κ2) is 7.05. The van der Waals surface area contributed by atoms with Crippen molar-refractivity contribution in [3.8, 4) is 0 Å². The summed E-state index contributed by atoms with van der Waals surface area (Å²) in [5.41, 5.74) is 6.52. The molecule has 0 aromatic carbocycles. The van der Waals surface area contributed by atoms with Gasteiger partial charge < -0.3 is 15.7 Å². The van der Waals surface area contributed by atoms with Gasteiger partial charge in [-0.25, -0.2) is 0 Å². The van der Waals surface area contributed by atoms with Crippen LogP contribution in [-0.2, 0) is 0 Å².